The highest BCUT2D eigenvalue weighted by Crippen LogP contribution is 2.45. The number of carboxylic acid groups (broad SMARTS) is 1. The monoisotopic (exact) mass is 429 g/mol. The molecular weight excluding hydrogens is 401 g/mol. The van der Waals surface area contributed by atoms with E-state index in [9.17, 15) is 19.1 Å². The van der Waals surface area contributed by atoms with Crippen molar-refractivity contribution in [2.75, 3.05) is 5.32 Å². The first kappa shape index (κ1) is 21.5. The summed E-state index contributed by atoms with van der Waals surface area (Å²) in [6, 6.07) is 1.76. The quantitative estimate of drug-likeness (QED) is 0.594. The van der Waals surface area contributed by atoms with E-state index in [4.69, 9.17) is 0 Å². The molecule has 2 unspecified atom stereocenters. The minimum absolute atomic E-state index is 0.0251. The predicted molar refractivity (Wildman–Crippen MR) is 113 cm³/mol. The molecule has 2 aliphatic rings. The molecule has 1 aromatic heterocycles. The molecule has 1 amide bonds. The van der Waals surface area contributed by atoms with Crippen molar-refractivity contribution in [2.24, 2.45) is 5.41 Å². The van der Waals surface area contributed by atoms with Gasteiger partial charge in [0.05, 0.1) is 23.7 Å². The molecule has 2 heterocycles. The Kier molecular flexibility index (Phi) is 6.06. The average Bonchev–Trinajstić information content (AvgIpc) is 3.18. The van der Waals surface area contributed by atoms with E-state index in [0.717, 1.165) is 51.0 Å². The van der Waals surface area contributed by atoms with Gasteiger partial charge in [0.15, 0.2) is 0 Å². The topological polar surface area (TPSA) is 108 Å². The molecule has 1 spiro atoms. The molecule has 1 aliphatic carbocycles. The number of anilines is 1. The molecule has 1 aliphatic heterocycles. The normalized spacial score (nSPS) is 23.3. The number of hydrogen-bond donors (Lipinski definition) is 4. The van der Waals surface area contributed by atoms with Crippen LogP contribution < -0.4 is 16.2 Å². The summed E-state index contributed by atoms with van der Waals surface area (Å²) in [6.45, 7) is 1.50. The van der Waals surface area contributed by atoms with Crippen molar-refractivity contribution in [2.45, 2.75) is 64.1 Å². The lowest BCUT2D eigenvalue weighted by Crippen LogP contribution is -2.63. The van der Waals surface area contributed by atoms with E-state index in [1.165, 1.54) is 13.0 Å². The Morgan fingerprint density at radius 2 is 1.97 bits per heavy atom. The van der Waals surface area contributed by atoms with Crippen LogP contribution in [0.25, 0.3) is 0 Å². The predicted octanol–water partition coefficient (Wildman–Crippen LogP) is 3.37. The third-order valence-electron chi connectivity index (χ3n) is 6.64. The van der Waals surface area contributed by atoms with Crippen LogP contribution in [-0.4, -0.2) is 32.6 Å². The number of rotatable bonds is 4. The standard InChI is InChI=1S/C22H28FN5O3/c1-14-10-15(21(30)31)17(11-16(14)23)25-20(29)19-22(6-4-2-3-5-7-22)12-18(26-27-19)28-9-8-24-13-28/h8-11,13,18-19,26-27H,2-7,12H2,1H3,(H,25,29)(H,30,31). The molecule has 1 saturated carbocycles. The maximum Gasteiger partial charge on any atom is 0.337 e. The van der Waals surface area contributed by atoms with Crippen LogP contribution in [0.2, 0.25) is 0 Å². The lowest BCUT2D eigenvalue weighted by molar-refractivity contribution is -0.125. The minimum Gasteiger partial charge on any atom is -0.478 e. The van der Waals surface area contributed by atoms with Crippen LogP contribution in [0.4, 0.5) is 10.1 Å². The van der Waals surface area contributed by atoms with E-state index < -0.39 is 17.8 Å². The summed E-state index contributed by atoms with van der Waals surface area (Å²) < 4.78 is 16.1. The summed E-state index contributed by atoms with van der Waals surface area (Å²) in [5.74, 6) is -2.12. The molecule has 1 saturated heterocycles. The molecule has 4 rings (SSSR count). The molecule has 1 aromatic carbocycles. The van der Waals surface area contributed by atoms with Gasteiger partial charge in [-0.1, -0.05) is 25.7 Å². The van der Waals surface area contributed by atoms with E-state index in [2.05, 4.69) is 21.2 Å². The number of nitrogens with one attached hydrogen (secondary N) is 3. The molecule has 8 nitrogen and oxygen atoms in total. The fourth-order valence-corrected chi connectivity index (χ4v) is 4.96. The number of aromatic carboxylic acids is 1. The third-order valence-corrected chi connectivity index (χ3v) is 6.64. The SMILES string of the molecule is Cc1cc(C(=O)O)c(NC(=O)C2NNC(n3ccnc3)CC23CCCCCC3)cc1F. The average molecular weight is 429 g/mol. The Balaban J connectivity index is 1.62. The molecular formula is C22H28FN5O3. The number of aryl methyl sites for hydroxylation is 1. The molecule has 166 valence electrons. The van der Waals surface area contributed by atoms with Gasteiger partial charge in [0.25, 0.3) is 0 Å². The Bertz CT molecular complexity index is 954. The smallest absolute Gasteiger partial charge is 0.337 e. The number of nitrogens with zero attached hydrogens (tertiary/aromatic N) is 2. The first-order valence-electron chi connectivity index (χ1n) is 10.7. The Morgan fingerprint density at radius 3 is 2.61 bits per heavy atom. The fourth-order valence-electron chi connectivity index (χ4n) is 4.96. The highest BCUT2D eigenvalue weighted by molar-refractivity contribution is 6.02. The molecule has 31 heavy (non-hydrogen) atoms. The Morgan fingerprint density at radius 1 is 1.23 bits per heavy atom. The number of benzene rings is 1. The molecule has 9 heteroatoms. The van der Waals surface area contributed by atoms with Gasteiger partial charge in [-0.3, -0.25) is 4.79 Å². The first-order chi connectivity index (χ1) is 14.9. The van der Waals surface area contributed by atoms with E-state index in [1.54, 1.807) is 12.5 Å². The number of hydrogen-bond acceptors (Lipinski definition) is 5. The summed E-state index contributed by atoms with van der Waals surface area (Å²) in [5, 5.41) is 12.2. The number of carboxylic acids is 1. The summed E-state index contributed by atoms with van der Waals surface area (Å²) in [6.07, 6.45) is 12.1. The molecule has 2 aromatic rings. The van der Waals surface area contributed by atoms with Crippen molar-refractivity contribution in [1.82, 2.24) is 20.4 Å². The van der Waals surface area contributed by atoms with Gasteiger partial charge in [-0.15, -0.1) is 0 Å². The third kappa shape index (κ3) is 4.33. The summed E-state index contributed by atoms with van der Waals surface area (Å²) >= 11 is 0. The molecule has 4 N–H and O–H groups in total. The molecule has 2 atom stereocenters. The van der Waals surface area contributed by atoms with Crippen molar-refractivity contribution in [3.8, 4) is 0 Å². The second-order valence-electron chi connectivity index (χ2n) is 8.67. The number of imidazole rings is 1. The lowest BCUT2D eigenvalue weighted by Gasteiger charge is -2.47. The number of amides is 1. The van der Waals surface area contributed by atoms with Crippen LogP contribution in [0.5, 0.6) is 0 Å². The van der Waals surface area contributed by atoms with Crippen LogP contribution in [0, 0.1) is 18.2 Å². The number of aromatic nitrogens is 2. The molecule has 2 fully saturated rings. The maximum atomic E-state index is 14.1. The van der Waals surface area contributed by atoms with Crippen LogP contribution >= 0.6 is 0 Å². The van der Waals surface area contributed by atoms with Crippen LogP contribution in [0.15, 0.2) is 30.9 Å². The number of hydrazine groups is 1. The second-order valence-corrected chi connectivity index (χ2v) is 8.67. The minimum atomic E-state index is -1.21. The van der Waals surface area contributed by atoms with Gasteiger partial charge in [-0.25, -0.2) is 25.0 Å². The van der Waals surface area contributed by atoms with E-state index >= 15 is 0 Å². The van der Waals surface area contributed by atoms with Crippen molar-refractivity contribution < 1.29 is 19.1 Å². The molecule has 0 bridgehead atoms. The van der Waals surface area contributed by atoms with Crippen LogP contribution in [0.1, 0.15) is 67.0 Å². The van der Waals surface area contributed by atoms with Gasteiger partial charge in [0, 0.05) is 12.4 Å². The van der Waals surface area contributed by atoms with Crippen molar-refractivity contribution in [3.63, 3.8) is 0 Å². The fraction of sp³-hybridized carbons (Fsp3) is 0.500. The van der Waals surface area contributed by atoms with Crippen LogP contribution in [-0.2, 0) is 4.79 Å². The second kappa shape index (κ2) is 8.76. The summed E-state index contributed by atoms with van der Waals surface area (Å²) in [7, 11) is 0. The largest absolute Gasteiger partial charge is 0.478 e. The van der Waals surface area contributed by atoms with Crippen LogP contribution in [0.3, 0.4) is 0 Å². The van der Waals surface area contributed by atoms with Crippen molar-refractivity contribution in [3.05, 3.63) is 47.8 Å². The van der Waals surface area contributed by atoms with E-state index in [0.29, 0.717) is 0 Å². The van der Waals surface area contributed by atoms with Gasteiger partial charge < -0.3 is 15.0 Å². The number of carbonyl (C=O) groups is 2. The van der Waals surface area contributed by atoms with E-state index in [-0.39, 0.29) is 34.3 Å². The first-order valence-corrected chi connectivity index (χ1v) is 10.7. The van der Waals surface area contributed by atoms with Gasteiger partial charge in [-0.2, -0.15) is 0 Å². The zero-order valence-corrected chi connectivity index (χ0v) is 17.5. The van der Waals surface area contributed by atoms with Crippen molar-refractivity contribution in [1.29, 1.82) is 0 Å². The highest BCUT2D eigenvalue weighted by Gasteiger charge is 2.47. The zero-order chi connectivity index (χ0) is 22.0. The van der Waals surface area contributed by atoms with E-state index in [1.807, 2.05) is 10.8 Å². The molecule has 0 radical (unpaired) electrons. The van der Waals surface area contributed by atoms with Crippen molar-refractivity contribution >= 4 is 17.6 Å². The Labute approximate surface area is 180 Å². The maximum absolute atomic E-state index is 14.1. The highest BCUT2D eigenvalue weighted by atomic mass is 19.1. The zero-order valence-electron chi connectivity index (χ0n) is 17.5. The summed E-state index contributed by atoms with van der Waals surface area (Å²) in [5.41, 5.74) is 6.17. The number of carbonyl (C=O) groups excluding carboxylic acids is 1. The number of halogens is 1. The van der Waals surface area contributed by atoms with Gasteiger partial charge in [0.2, 0.25) is 5.91 Å². The van der Waals surface area contributed by atoms with Gasteiger partial charge in [-0.05, 0) is 49.3 Å². The summed E-state index contributed by atoms with van der Waals surface area (Å²) in [4.78, 5) is 29.1. The lowest BCUT2D eigenvalue weighted by atomic mass is 9.69. The van der Waals surface area contributed by atoms with Gasteiger partial charge >= 0.3 is 5.97 Å². The van der Waals surface area contributed by atoms with Gasteiger partial charge in [0.1, 0.15) is 11.9 Å². The Hall–Kier alpha value is -2.78.